The molecule has 0 saturated heterocycles. The van der Waals surface area contributed by atoms with Crippen LogP contribution in [0.5, 0.6) is 0 Å². The number of benzene rings is 2. The molecule has 2 aromatic rings. The van der Waals surface area contributed by atoms with Gasteiger partial charge in [0.2, 0.25) is 0 Å². The number of anilines is 2. The van der Waals surface area contributed by atoms with E-state index in [9.17, 15) is 19.2 Å². The molecular weight excluding hydrogens is 406 g/mol. The molecule has 0 radical (unpaired) electrons. The fraction of sp³-hybridized carbons (Fsp3) is 0.360. The highest BCUT2D eigenvalue weighted by atomic mass is 16.2. The number of hydrogen-bond acceptors (Lipinski definition) is 4. The third-order valence-corrected chi connectivity index (χ3v) is 6.08. The van der Waals surface area contributed by atoms with Gasteiger partial charge < -0.3 is 15.5 Å². The lowest BCUT2D eigenvalue weighted by Gasteiger charge is -2.26. The molecule has 1 aliphatic heterocycles. The Morgan fingerprint density at radius 3 is 2.38 bits per heavy atom. The molecule has 32 heavy (non-hydrogen) atoms. The first-order valence-corrected chi connectivity index (χ1v) is 11.0. The molecule has 1 saturated carbocycles. The van der Waals surface area contributed by atoms with Crippen molar-refractivity contribution in [3.05, 3.63) is 59.2 Å². The molecule has 1 fully saturated rings. The minimum Gasteiger partial charge on any atom is -0.324 e. The van der Waals surface area contributed by atoms with Crippen LogP contribution in [0.4, 0.5) is 16.2 Å². The number of rotatable bonds is 3. The van der Waals surface area contributed by atoms with Crippen LogP contribution in [0.15, 0.2) is 42.5 Å². The molecule has 0 aromatic heterocycles. The molecular formula is C25H27N3O4. The number of urea groups is 1. The first kappa shape index (κ1) is 21.7. The van der Waals surface area contributed by atoms with E-state index in [4.69, 9.17) is 0 Å². The summed E-state index contributed by atoms with van der Waals surface area (Å²) in [7, 11) is 0. The van der Waals surface area contributed by atoms with Crippen LogP contribution in [-0.2, 0) is 16.1 Å². The van der Waals surface area contributed by atoms with Crippen molar-refractivity contribution in [2.45, 2.75) is 58.0 Å². The number of fused-ring (bicyclic) bond motifs is 1. The monoisotopic (exact) mass is 433 g/mol. The van der Waals surface area contributed by atoms with Crippen molar-refractivity contribution in [1.29, 1.82) is 0 Å². The molecule has 2 N–H and O–H groups in total. The van der Waals surface area contributed by atoms with Crippen LogP contribution in [-0.4, -0.2) is 34.4 Å². The van der Waals surface area contributed by atoms with E-state index in [2.05, 4.69) is 10.6 Å². The molecule has 7 nitrogen and oxygen atoms in total. The van der Waals surface area contributed by atoms with Crippen LogP contribution in [0.1, 0.15) is 60.0 Å². The Hall–Kier alpha value is -3.48. The van der Waals surface area contributed by atoms with Crippen molar-refractivity contribution in [2.24, 2.45) is 0 Å². The molecule has 1 aliphatic carbocycles. The summed E-state index contributed by atoms with van der Waals surface area (Å²) in [4.78, 5) is 51.7. The third-order valence-electron chi connectivity index (χ3n) is 6.08. The maximum absolute atomic E-state index is 13.0. The fourth-order valence-electron chi connectivity index (χ4n) is 4.30. The van der Waals surface area contributed by atoms with E-state index in [1.807, 2.05) is 31.2 Å². The highest BCUT2D eigenvalue weighted by molar-refractivity contribution is 6.03. The number of nitrogens with one attached hydrogen (secondary N) is 2. The summed E-state index contributed by atoms with van der Waals surface area (Å²) in [6, 6.07) is 11.7. The Kier molecular flexibility index (Phi) is 6.35. The van der Waals surface area contributed by atoms with Crippen molar-refractivity contribution >= 4 is 34.9 Å². The molecule has 1 heterocycles. The predicted octanol–water partition coefficient (Wildman–Crippen LogP) is 4.46. The lowest BCUT2D eigenvalue weighted by atomic mass is 10.0. The van der Waals surface area contributed by atoms with Crippen molar-refractivity contribution in [2.75, 3.05) is 10.6 Å². The van der Waals surface area contributed by atoms with Gasteiger partial charge in [0.05, 0.1) is 6.04 Å². The maximum Gasteiger partial charge on any atom is 0.323 e. The third kappa shape index (κ3) is 4.88. The number of ketones is 2. The van der Waals surface area contributed by atoms with Gasteiger partial charge in [-0.3, -0.25) is 14.4 Å². The van der Waals surface area contributed by atoms with E-state index in [0.29, 0.717) is 55.6 Å². The molecule has 0 spiro atoms. The average molecular weight is 434 g/mol. The summed E-state index contributed by atoms with van der Waals surface area (Å²) in [6.07, 6.45) is 3.01. The van der Waals surface area contributed by atoms with Crippen molar-refractivity contribution in [3.8, 4) is 0 Å². The number of aryl methyl sites for hydroxylation is 1. The molecule has 4 rings (SSSR count). The molecule has 2 aromatic carbocycles. The minimum absolute atomic E-state index is 0.0247. The number of amides is 3. The fourth-order valence-corrected chi connectivity index (χ4v) is 4.30. The van der Waals surface area contributed by atoms with Gasteiger partial charge in [0.15, 0.2) is 5.78 Å². The lowest BCUT2D eigenvalue weighted by Crippen LogP contribution is -2.41. The van der Waals surface area contributed by atoms with Crippen LogP contribution in [0.25, 0.3) is 0 Å². The molecule has 3 amide bonds. The second-order valence-corrected chi connectivity index (χ2v) is 8.52. The highest BCUT2D eigenvalue weighted by Gasteiger charge is 2.36. The van der Waals surface area contributed by atoms with Gasteiger partial charge in [-0.05, 0) is 62.1 Å². The molecule has 2 aliphatic rings. The first-order valence-electron chi connectivity index (χ1n) is 11.0. The molecule has 0 bridgehead atoms. The van der Waals surface area contributed by atoms with Crippen molar-refractivity contribution in [1.82, 2.24) is 4.90 Å². The molecule has 1 atom stereocenters. The molecule has 1 unspecified atom stereocenters. The van der Waals surface area contributed by atoms with E-state index in [1.165, 1.54) is 0 Å². The summed E-state index contributed by atoms with van der Waals surface area (Å²) < 4.78 is 0. The highest BCUT2D eigenvalue weighted by Crippen LogP contribution is 2.30. The molecule has 166 valence electrons. The van der Waals surface area contributed by atoms with Gasteiger partial charge in [-0.25, -0.2) is 4.79 Å². The second kappa shape index (κ2) is 9.34. The van der Waals surface area contributed by atoms with Crippen LogP contribution >= 0.6 is 0 Å². The van der Waals surface area contributed by atoms with E-state index in [0.717, 1.165) is 17.5 Å². The van der Waals surface area contributed by atoms with Gasteiger partial charge in [-0.1, -0.05) is 17.7 Å². The number of Topliss-reactive ketones (excluding diaryl/α,β-unsaturated/α-hetero) is 2. The summed E-state index contributed by atoms with van der Waals surface area (Å²) in [5.74, 6) is -0.0164. The van der Waals surface area contributed by atoms with E-state index >= 15 is 0 Å². The Morgan fingerprint density at radius 1 is 0.906 bits per heavy atom. The van der Waals surface area contributed by atoms with Crippen LogP contribution in [0.2, 0.25) is 0 Å². The van der Waals surface area contributed by atoms with E-state index in [1.54, 1.807) is 23.1 Å². The number of nitrogens with zero attached hydrogens (tertiary/aromatic N) is 1. The number of carbonyl (C=O) groups excluding carboxylic acids is 4. The Morgan fingerprint density at radius 2 is 1.59 bits per heavy atom. The van der Waals surface area contributed by atoms with Gasteiger partial charge in [-0.2, -0.15) is 0 Å². The summed E-state index contributed by atoms with van der Waals surface area (Å²) in [5, 5.41) is 5.57. The van der Waals surface area contributed by atoms with Gasteiger partial charge >= 0.3 is 6.03 Å². The zero-order chi connectivity index (χ0) is 22.7. The minimum atomic E-state index is -0.571. The summed E-state index contributed by atoms with van der Waals surface area (Å²) >= 11 is 0. The van der Waals surface area contributed by atoms with Crippen molar-refractivity contribution < 1.29 is 19.2 Å². The zero-order valence-corrected chi connectivity index (χ0v) is 18.1. The van der Waals surface area contributed by atoms with Crippen LogP contribution in [0.3, 0.4) is 0 Å². The second-order valence-electron chi connectivity index (χ2n) is 8.52. The number of carbonyl (C=O) groups is 4. The average Bonchev–Trinajstić information content (AvgIpc) is 3.11. The Labute approximate surface area is 187 Å². The van der Waals surface area contributed by atoms with Gasteiger partial charge in [0.1, 0.15) is 5.78 Å². The topological polar surface area (TPSA) is 95.6 Å². The van der Waals surface area contributed by atoms with E-state index < -0.39 is 6.04 Å². The predicted molar refractivity (Wildman–Crippen MR) is 122 cm³/mol. The van der Waals surface area contributed by atoms with E-state index in [-0.39, 0.29) is 23.5 Å². The normalized spacial score (nSPS) is 19.1. The number of hydrogen-bond donors (Lipinski definition) is 2. The van der Waals surface area contributed by atoms with Gasteiger partial charge in [0, 0.05) is 42.7 Å². The van der Waals surface area contributed by atoms with Crippen LogP contribution in [0, 0.1) is 6.92 Å². The smallest absolute Gasteiger partial charge is 0.323 e. The largest absolute Gasteiger partial charge is 0.324 e. The summed E-state index contributed by atoms with van der Waals surface area (Å²) in [6.45, 7) is 2.27. The SMILES string of the molecule is Cc1ccc(NC(=O)Nc2ccc3c(c2)CN(C2CCC(=O)CCCCC2=O)C3=O)cc1. The summed E-state index contributed by atoms with van der Waals surface area (Å²) in [5.41, 5.74) is 3.66. The Balaban J connectivity index is 1.45. The van der Waals surface area contributed by atoms with Gasteiger partial charge in [-0.15, -0.1) is 0 Å². The standard InChI is InChI=1S/C25H27N3O4/c1-16-6-8-18(9-7-16)26-25(32)27-19-10-12-21-17(14-19)15-28(24(21)31)22-13-11-20(29)4-2-3-5-23(22)30/h6-10,12,14,22H,2-5,11,13,15H2,1H3,(H2,26,27,32). The maximum atomic E-state index is 13.0. The van der Waals surface area contributed by atoms with Crippen LogP contribution < -0.4 is 10.6 Å². The molecule has 7 heteroatoms. The zero-order valence-electron chi connectivity index (χ0n) is 18.1. The Bertz CT molecular complexity index is 1060. The van der Waals surface area contributed by atoms with Crippen molar-refractivity contribution in [3.63, 3.8) is 0 Å². The lowest BCUT2D eigenvalue weighted by molar-refractivity contribution is -0.124. The quantitative estimate of drug-likeness (QED) is 0.747. The first-order chi connectivity index (χ1) is 15.4. The van der Waals surface area contributed by atoms with Gasteiger partial charge in [0.25, 0.3) is 5.91 Å².